The van der Waals surface area contributed by atoms with Crippen LogP contribution in [0, 0.1) is 0 Å². The molecule has 4 heteroatoms. The van der Waals surface area contributed by atoms with Crippen molar-refractivity contribution in [3.63, 3.8) is 0 Å². The third kappa shape index (κ3) is 6.84. The molecule has 2 aromatic carbocycles. The molecule has 1 atom stereocenters. The highest BCUT2D eigenvalue weighted by Crippen LogP contribution is 2.23. The van der Waals surface area contributed by atoms with Gasteiger partial charge >= 0.3 is 11.9 Å². The highest BCUT2D eigenvalue weighted by molar-refractivity contribution is 5.90. The number of hydrogen-bond donors (Lipinski definition) is 0. The lowest BCUT2D eigenvalue weighted by molar-refractivity contribution is -0.134. The predicted molar refractivity (Wildman–Crippen MR) is 111 cm³/mol. The minimum atomic E-state index is -0.281. The molecule has 0 aromatic heterocycles. The van der Waals surface area contributed by atoms with E-state index >= 15 is 0 Å². The highest BCUT2D eigenvalue weighted by Gasteiger charge is 2.12. The van der Waals surface area contributed by atoms with Gasteiger partial charge in [-0.2, -0.15) is 0 Å². The molecule has 0 N–H and O–H groups in total. The second-order valence-electron chi connectivity index (χ2n) is 6.99. The smallest absolute Gasteiger partial charge is 0.338 e. The maximum Gasteiger partial charge on any atom is 0.338 e. The number of hydrogen-bond acceptors (Lipinski definition) is 4. The van der Waals surface area contributed by atoms with Gasteiger partial charge < -0.3 is 9.47 Å². The Morgan fingerprint density at radius 1 is 0.857 bits per heavy atom. The second-order valence-corrected chi connectivity index (χ2v) is 6.99. The average Bonchev–Trinajstić information content (AvgIpc) is 2.72. The number of rotatable bonds is 10. The number of unbranched alkanes of at least 4 members (excludes halogenated alkanes) is 3. The molecule has 0 amide bonds. The van der Waals surface area contributed by atoms with E-state index in [4.69, 9.17) is 9.47 Å². The van der Waals surface area contributed by atoms with Crippen LogP contribution in [0.3, 0.4) is 0 Å². The fourth-order valence-electron chi connectivity index (χ4n) is 2.89. The van der Waals surface area contributed by atoms with Crippen LogP contribution in [0.25, 0.3) is 11.1 Å². The molecule has 150 valence electrons. The van der Waals surface area contributed by atoms with Gasteiger partial charge in [-0.05, 0) is 55.2 Å². The molecule has 0 aliphatic heterocycles. The molecular formula is C24H30O4. The minimum Gasteiger partial charge on any atom is -0.459 e. The summed E-state index contributed by atoms with van der Waals surface area (Å²) >= 11 is 0. The first-order chi connectivity index (χ1) is 13.5. The molecule has 0 fully saturated rings. The predicted octanol–water partition coefficient (Wildman–Crippen LogP) is 6.18. The quantitative estimate of drug-likeness (QED) is 0.279. The third-order valence-corrected chi connectivity index (χ3v) is 4.60. The van der Waals surface area contributed by atoms with Crippen molar-refractivity contribution < 1.29 is 19.1 Å². The van der Waals surface area contributed by atoms with Crippen molar-refractivity contribution in [2.75, 3.05) is 0 Å². The van der Waals surface area contributed by atoms with Crippen molar-refractivity contribution in [1.29, 1.82) is 0 Å². The Bertz CT molecular complexity index is 747. The van der Waals surface area contributed by atoms with E-state index in [1.54, 1.807) is 31.2 Å². The van der Waals surface area contributed by atoms with Gasteiger partial charge in [0, 0.05) is 6.42 Å². The second kappa shape index (κ2) is 11.3. The largest absolute Gasteiger partial charge is 0.459 e. The fourth-order valence-corrected chi connectivity index (χ4v) is 2.89. The van der Waals surface area contributed by atoms with Gasteiger partial charge in [0.05, 0.1) is 11.7 Å². The molecule has 28 heavy (non-hydrogen) atoms. The SMILES string of the molecule is CCCCCCC(C)OC(=O)c1ccc(-c2ccc(OC(=O)CC)cc2)cc1. The molecule has 1 unspecified atom stereocenters. The van der Waals surface area contributed by atoms with Crippen LogP contribution in [0.2, 0.25) is 0 Å². The summed E-state index contributed by atoms with van der Waals surface area (Å²) in [5.41, 5.74) is 2.52. The van der Waals surface area contributed by atoms with Gasteiger partial charge in [0.1, 0.15) is 5.75 Å². The molecule has 0 bridgehead atoms. The summed E-state index contributed by atoms with van der Waals surface area (Å²) in [5, 5.41) is 0. The van der Waals surface area contributed by atoms with Crippen LogP contribution >= 0.6 is 0 Å². The van der Waals surface area contributed by atoms with E-state index in [0.717, 1.165) is 24.0 Å². The normalized spacial score (nSPS) is 11.7. The number of carbonyl (C=O) groups is 2. The van der Waals surface area contributed by atoms with Gasteiger partial charge in [-0.3, -0.25) is 4.79 Å². The number of benzene rings is 2. The summed E-state index contributed by atoms with van der Waals surface area (Å²) in [5.74, 6) is -0.00435. The summed E-state index contributed by atoms with van der Waals surface area (Å²) in [6.07, 6.45) is 5.88. The van der Waals surface area contributed by atoms with Crippen molar-refractivity contribution in [3.05, 3.63) is 54.1 Å². The van der Waals surface area contributed by atoms with Crippen LogP contribution in [0.4, 0.5) is 0 Å². The van der Waals surface area contributed by atoms with Crippen LogP contribution < -0.4 is 4.74 Å². The Morgan fingerprint density at radius 2 is 1.46 bits per heavy atom. The summed E-state index contributed by atoms with van der Waals surface area (Å²) < 4.78 is 10.7. The molecular weight excluding hydrogens is 352 g/mol. The monoisotopic (exact) mass is 382 g/mol. The molecule has 2 rings (SSSR count). The van der Waals surface area contributed by atoms with E-state index < -0.39 is 0 Å². The topological polar surface area (TPSA) is 52.6 Å². The molecule has 2 aromatic rings. The van der Waals surface area contributed by atoms with Crippen LogP contribution in [0.5, 0.6) is 5.75 Å². The Hall–Kier alpha value is -2.62. The fraction of sp³-hybridized carbons (Fsp3) is 0.417. The number of carbonyl (C=O) groups excluding carboxylic acids is 2. The van der Waals surface area contributed by atoms with Crippen molar-refractivity contribution in [3.8, 4) is 16.9 Å². The molecule has 0 spiro atoms. The molecule has 0 saturated heterocycles. The Morgan fingerprint density at radius 3 is 2.04 bits per heavy atom. The van der Waals surface area contributed by atoms with E-state index in [-0.39, 0.29) is 18.0 Å². The first-order valence-electron chi connectivity index (χ1n) is 10.2. The summed E-state index contributed by atoms with van der Waals surface area (Å²) in [4.78, 5) is 23.6. The first kappa shape index (κ1) is 21.7. The van der Waals surface area contributed by atoms with Crippen LogP contribution in [0.15, 0.2) is 48.5 Å². The van der Waals surface area contributed by atoms with E-state index in [1.165, 1.54) is 19.3 Å². The lowest BCUT2D eigenvalue weighted by Crippen LogP contribution is -2.15. The van der Waals surface area contributed by atoms with Gasteiger partial charge in [-0.1, -0.05) is 57.4 Å². The summed E-state index contributed by atoms with van der Waals surface area (Å²) in [7, 11) is 0. The highest BCUT2D eigenvalue weighted by atomic mass is 16.5. The lowest BCUT2D eigenvalue weighted by atomic mass is 10.0. The zero-order chi connectivity index (χ0) is 20.4. The Balaban J connectivity index is 1.91. The van der Waals surface area contributed by atoms with Crippen LogP contribution in [0.1, 0.15) is 69.7 Å². The maximum absolute atomic E-state index is 12.3. The van der Waals surface area contributed by atoms with Crippen molar-refractivity contribution in [2.45, 2.75) is 65.4 Å². The Kier molecular flexibility index (Phi) is 8.73. The molecule has 0 heterocycles. The Labute approximate surface area is 167 Å². The zero-order valence-corrected chi connectivity index (χ0v) is 17.1. The van der Waals surface area contributed by atoms with Crippen molar-refractivity contribution >= 4 is 11.9 Å². The van der Waals surface area contributed by atoms with E-state index in [9.17, 15) is 9.59 Å². The summed E-state index contributed by atoms with van der Waals surface area (Å²) in [6.45, 7) is 5.89. The lowest BCUT2D eigenvalue weighted by Gasteiger charge is -2.13. The zero-order valence-electron chi connectivity index (χ0n) is 17.1. The van der Waals surface area contributed by atoms with Crippen molar-refractivity contribution in [1.82, 2.24) is 0 Å². The average molecular weight is 383 g/mol. The van der Waals surface area contributed by atoms with Crippen LogP contribution in [-0.4, -0.2) is 18.0 Å². The number of ether oxygens (including phenoxy) is 2. The minimum absolute atomic E-state index is 0.0672. The summed E-state index contributed by atoms with van der Waals surface area (Å²) in [6, 6.07) is 14.7. The van der Waals surface area contributed by atoms with E-state index in [2.05, 4.69) is 6.92 Å². The van der Waals surface area contributed by atoms with Crippen LogP contribution in [-0.2, 0) is 9.53 Å². The molecule has 4 nitrogen and oxygen atoms in total. The van der Waals surface area contributed by atoms with Gasteiger partial charge in [0.25, 0.3) is 0 Å². The molecule has 0 aliphatic rings. The van der Waals surface area contributed by atoms with E-state index in [0.29, 0.717) is 17.7 Å². The molecule has 0 saturated carbocycles. The molecule has 0 radical (unpaired) electrons. The van der Waals surface area contributed by atoms with Gasteiger partial charge in [-0.25, -0.2) is 4.79 Å². The first-order valence-corrected chi connectivity index (χ1v) is 10.2. The van der Waals surface area contributed by atoms with Gasteiger partial charge in [0.2, 0.25) is 0 Å². The van der Waals surface area contributed by atoms with Gasteiger partial charge in [0.15, 0.2) is 0 Å². The maximum atomic E-state index is 12.3. The third-order valence-electron chi connectivity index (χ3n) is 4.60. The standard InChI is InChI=1S/C24H30O4/c1-4-6-7-8-9-18(3)27-24(26)21-12-10-19(11-13-21)20-14-16-22(17-15-20)28-23(25)5-2/h10-18H,4-9H2,1-3H3. The van der Waals surface area contributed by atoms with E-state index in [1.807, 2.05) is 31.2 Å². The van der Waals surface area contributed by atoms with Gasteiger partial charge in [-0.15, -0.1) is 0 Å². The molecule has 0 aliphatic carbocycles. The van der Waals surface area contributed by atoms with Crippen molar-refractivity contribution in [2.24, 2.45) is 0 Å². The number of esters is 2.